The number of carbonyl (C=O) groups excluding carboxylic acids is 1. The van der Waals surface area contributed by atoms with Crippen LogP contribution in [0.1, 0.15) is 25.7 Å². The molecule has 0 bridgehead atoms. The third-order valence-corrected chi connectivity index (χ3v) is 5.87. The Morgan fingerprint density at radius 2 is 2.12 bits per heavy atom. The van der Waals surface area contributed by atoms with Crippen molar-refractivity contribution in [3.63, 3.8) is 0 Å². The van der Waals surface area contributed by atoms with E-state index in [1.54, 1.807) is 18.2 Å². The van der Waals surface area contributed by atoms with E-state index in [1.165, 1.54) is 0 Å². The number of benzene rings is 2. The van der Waals surface area contributed by atoms with Crippen LogP contribution in [0.4, 0.5) is 5.69 Å². The Kier molecular flexibility index (Phi) is 7.29. The fourth-order valence-corrected chi connectivity index (χ4v) is 4.28. The maximum absolute atomic E-state index is 12.9. The minimum atomic E-state index is -0.133. The van der Waals surface area contributed by atoms with Crippen molar-refractivity contribution in [2.24, 2.45) is 5.92 Å². The largest absolute Gasteiger partial charge is 0.492 e. The molecule has 1 N–H and O–H groups in total. The van der Waals surface area contributed by atoms with Crippen LogP contribution >= 0.6 is 23.2 Å². The van der Waals surface area contributed by atoms with Gasteiger partial charge in [-0.2, -0.15) is 4.98 Å². The van der Waals surface area contributed by atoms with Crippen molar-refractivity contribution in [3.05, 3.63) is 58.4 Å². The zero-order valence-electron chi connectivity index (χ0n) is 17.7. The number of rotatable bonds is 7. The molecular formula is C23H24Cl2N4O3. The van der Waals surface area contributed by atoms with Crippen molar-refractivity contribution in [3.8, 4) is 17.1 Å². The van der Waals surface area contributed by atoms with Crippen LogP contribution in [0.5, 0.6) is 5.75 Å². The van der Waals surface area contributed by atoms with Crippen molar-refractivity contribution in [1.29, 1.82) is 0 Å². The van der Waals surface area contributed by atoms with Crippen molar-refractivity contribution in [2.75, 3.05) is 25.0 Å². The van der Waals surface area contributed by atoms with E-state index in [9.17, 15) is 4.79 Å². The van der Waals surface area contributed by atoms with Crippen molar-refractivity contribution < 1.29 is 14.1 Å². The van der Waals surface area contributed by atoms with Crippen LogP contribution in [0.3, 0.4) is 0 Å². The fraction of sp³-hybridized carbons (Fsp3) is 0.348. The number of likely N-dealkylation sites (tertiary alicyclic amines) is 1. The summed E-state index contributed by atoms with van der Waals surface area (Å²) in [5.41, 5.74) is 1.35. The van der Waals surface area contributed by atoms with E-state index in [1.807, 2.05) is 31.2 Å². The molecule has 1 atom stereocenters. The molecule has 1 aliphatic rings. The standard InChI is InChI=1S/C23H24Cl2N4O3/c1-2-31-20-8-4-3-7-19(20)26-23(30)15-6-5-11-29(13-15)14-21-27-22(28-32-21)17-10-9-16(24)12-18(17)25/h3-4,7-10,12,15H,2,5-6,11,13-14H2,1H3,(H,26,30). The highest BCUT2D eigenvalue weighted by Gasteiger charge is 2.27. The Balaban J connectivity index is 1.38. The van der Waals surface area contributed by atoms with E-state index >= 15 is 0 Å². The van der Waals surface area contributed by atoms with E-state index < -0.39 is 0 Å². The summed E-state index contributed by atoms with van der Waals surface area (Å²) >= 11 is 12.2. The van der Waals surface area contributed by atoms with Gasteiger partial charge >= 0.3 is 0 Å². The summed E-state index contributed by atoms with van der Waals surface area (Å²) in [4.78, 5) is 19.5. The zero-order valence-corrected chi connectivity index (χ0v) is 19.2. The first-order valence-electron chi connectivity index (χ1n) is 10.6. The summed E-state index contributed by atoms with van der Waals surface area (Å²) in [7, 11) is 0. The van der Waals surface area contributed by atoms with Gasteiger partial charge in [0.2, 0.25) is 17.6 Å². The molecule has 1 unspecified atom stereocenters. The summed E-state index contributed by atoms with van der Waals surface area (Å²) < 4.78 is 11.0. The summed E-state index contributed by atoms with van der Waals surface area (Å²) in [5.74, 6) is 1.43. The van der Waals surface area contributed by atoms with Gasteiger partial charge in [0.1, 0.15) is 5.75 Å². The zero-order chi connectivity index (χ0) is 22.5. The van der Waals surface area contributed by atoms with E-state index in [2.05, 4.69) is 20.4 Å². The highest BCUT2D eigenvalue weighted by molar-refractivity contribution is 6.36. The normalized spacial score (nSPS) is 16.7. The lowest BCUT2D eigenvalue weighted by atomic mass is 9.97. The first-order chi connectivity index (χ1) is 15.5. The Morgan fingerprint density at radius 3 is 2.94 bits per heavy atom. The second-order valence-corrected chi connectivity index (χ2v) is 8.47. The summed E-state index contributed by atoms with van der Waals surface area (Å²) in [6.45, 7) is 4.40. The number of nitrogens with zero attached hydrogens (tertiary/aromatic N) is 3. The van der Waals surface area contributed by atoms with Gasteiger partial charge in [-0.15, -0.1) is 0 Å². The molecule has 1 fully saturated rings. The highest BCUT2D eigenvalue weighted by atomic mass is 35.5. The van der Waals surface area contributed by atoms with Crippen LogP contribution in [0.25, 0.3) is 11.4 Å². The van der Waals surface area contributed by atoms with Gasteiger partial charge in [-0.3, -0.25) is 9.69 Å². The molecule has 1 aliphatic heterocycles. The third-order valence-electron chi connectivity index (χ3n) is 5.32. The topological polar surface area (TPSA) is 80.5 Å². The van der Waals surface area contributed by atoms with Crippen LogP contribution in [0.2, 0.25) is 10.0 Å². The smallest absolute Gasteiger partial charge is 0.241 e. The summed E-state index contributed by atoms with van der Waals surface area (Å²) in [6, 6.07) is 12.6. The molecule has 168 valence electrons. The molecule has 1 aromatic heterocycles. The Labute approximate surface area is 196 Å². The lowest BCUT2D eigenvalue weighted by Crippen LogP contribution is -2.40. The fourth-order valence-electron chi connectivity index (χ4n) is 3.79. The SMILES string of the molecule is CCOc1ccccc1NC(=O)C1CCCN(Cc2nc(-c3ccc(Cl)cc3Cl)no2)C1. The monoisotopic (exact) mass is 474 g/mol. The molecule has 2 heterocycles. The van der Waals surface area contributed by atoms with Crippen LogP contribution < -0.4 is 10.1 Å². The molecule has 7 nitrogen and oxygen atoms in total. The minimum Gasteiger partial charge on any atom is -0.492 e. The summed E-state index contributed by atoms with van der Waals surface area (Å²) in [5, 5.41) is 8.07. The van der Waals surface area contributed by atoms with E-state index in [-0.39, 0.29) is 11.8 Å². The molecule has 2 aromatic carbocycles. The minimum absolute atomic E-state index is 0.0129. The molecular weight excluding hydrogens is 451 g/mol. The van der Waals surface area contributed by atoms with Gasteiger partial charge in [0.15, 0.2) is 0 Å². The molecule has 32 heavy (non-hydrogen) atoms. The number of carbonyl (C=O) groups is 1. The Morgan fingerprint density at radius 1 is 1.28 bits per heavy atom. The first-order valence-corrected chi connectivity index (χ1v) is 11.3. The summed E-state index contributed by atoms with van der Waals surface area (Å²) in [6.07, 6.45) is 1.74. The first kappa shape index (κ1) is 22.6. The predicted octanol–water partition coefficient (Wildman–Crippen LogP) is 5.29. The van der Waals surface area contributed by atoms with Crippen molar-refractivity contribution in [1.82, 2.24) is 15.0 Å². The Hall–Kier alpha value is -2.61. The number of amides is 1. The van der Waals surface area contributed by atoms with E-state index in [0.29, 0.717) is 58.5 Å². The van der Waals surface area contributed by atoms with Gasteiger partial charge in [0.25, 0.3) is 0 Å². The average Bonchev–Trinajstić information content (AvgIpc) is 3.23. The predicted molar refractivity (Wildman–Crippen MR) is 124 cm³/mol. The van der Waals surface area contributed by atoms with E-state index in [4.69, 9.17) is 32.5 Å². The number of aromatic nitrogens is 2. The third kappa shape index (κ3) is 5.41. The maximum Gasteiger partial charge on any atom is 0.241 e. The number of ether oxygens (including phenoxy) is 1. The van der Waals surface area contributed by atoms with Crippen LogP contribution in [-0.2, 0) is 11.3 Å². The quantitative estimate of drug-likeness (QED) is 0.500. The molecule has 1 saturated heterocycles. The lowest BCUT2D eigenvalue weighted by Gasteiger charge is -2.31. The second kappa shape index (κ2) is 10.3. The molecule has 0 aliphatic carbocycles. The van der Waals surface area contributed by atoms with Gasteiger partial charge < -0.3 is 14.6 Å². The van der Waals surface area contributed by atoms with Crippen LogP contribution in [0, 0.1) is 5.92 Å². The number of piperidine rings is 1. The van der Waals surface area contributed by atoms with Crippen molar-refractivity contribution >= 4 is 34.8 Å². The molecule has 0 radical (unpaired) electrons. The molecule has 3 aromatic rings. The molecule has 0 saturated carbocycles. The van der Waals surface area contributed by atoms with Gasteiger partial charge in [-0.05, 0) is 56.6 Å². The van der Waals surface area contributed by atoms with Crippen LogP contribution in [-0.4, -0.2) is 40.6 Å². The molecule has 1 amide bonds. The lowest BCUT2D eigenvalue weighted by molar-refractivity contribution is -0.121. The number of anilines is 1. The van der Waals surface area contributed by atoms with Gasteiger partial charge in [-0.1, -0.05) is 40.5 Å². The van der Waals surface area contributed by atoms with Gasteiger partial charge in [0, 0.05) is 17.1 Å². The molecule has 0 spiro atoms. The number of hydrogen-bond donors (Lipinski definition) is 1. The average molecular weight is 475 g/mol. The Bertz CT molecular complexity index is 1090. The van der Waals surface area contributed by atoms with Gasteiger partial charge in [-0.25, -0.2) is 0 Å². The maximum atomic E-state index is 12.9. The number of halogens is 2. The van der Waals surface area contributed by atoms with Gasteiger partial charge in [0.05, 0.1) is 29.8 Å². The molecule has 4 rings (SSSR count). The number of para-hydroxylation sites is 2. The van der Waals surface area contributed by atoms with Crippen molar-refractivity contribution in [2.45, 2.75) is 26.3 Å². The van der Waals surface area contributed by atoms with Crippen LogP contribution in [0.15, 0.2) is 47.0 Å². The highest BCUT2D eigenvalue weighted by Crippen LogP contribution is 2.29. The van der Waals surface area contributed by atoms with E-state index in [0.717, 1.165) is 19.4 Å². The number of hydrogen-bond acceptors (Lipinski definition) is 6. The molecule has 9 heteroatoms. The second-order valence-electron chi connectivity index (χ2n) is 7.63. The number of nitrogens with one attached hydrogen (secondary N) is 1.